The molecule has 4 nitrogen and oxygen atoms in total. The molecule has 2 rings (SSSR count). The Labute approximate surface area is 162 Å². The number of amides is 1. The number of hydrogen-bond acceptors (Lipinski definition) is 2. The number of pyridine rings is 1. The van der Waals surface area contributed by atoms with Gasteiger partial charge in [0.15, 0.2) is 12.4 Å². The maximum absolute atomic E-state index is 12.3. The van der Waals surface area contributed by atoms with E-state index in [1.54, 1.807) is 16.8 Å². The predicted octanol–water partition coefficient (Wildman–Crippen LogP) is 2.36. The average molecular weight is 386 g/mol. The van der Waals surface area contributed by atoms with E-state index in [2.05, 4.69) is 5.32 Å². The summed E-state index contributed by atoms with van der Waals surface area (Å²) in [6, 6.07) is 9.68. The van der Waals surface area contributed by atoms with E-state index in [1.807, 2.05) is 44.3 Å². The third-order valence-electron chi connectivity index (χ3n) is 3.56. The van der Waals surface area contributed by atoms with Gasteiger partial charge in [-0.3, -0.25) is 9.59 Å². The first kappa shape index (κ1) is 19.7. The third kappa shape index (κ3) is 5.96. The van der Waals surface area contributed by atoms with Gasteiger partial charge in [-0.15, -0.1) is 0 Å². The van der Waals surface area contributed by atoms with E-state index in [0.717, 1.165) is 16.7 Å². The van der Waals surface area contributed by atoms with Crippen LogP contribution in [-0.4, -0.2) is 11.7 Å². The smallest absolute Gasteiger partial charge is 0.221 e. The summed E-state index contributed by atoms with van der Waals surface area (Å²) in [6.45, 7) is 5.81. The van der Waals surface area contributed by atoms with Crippen LogP contribution in [0, 0.1) is 13.8 Å². The van der Waals surface area contributed by atoms with Crippen molar-refractivity contribution >= 4 is 17.4 Å². The molecule has 0 saturated heterocycles. The Kier molecular flexibility index (Phi) is 7.73. The minimum Gasteiger partial charge on any atom is -0.321 e. The van der Waals surface area contributed by atoms with E-state index in [0.29, 0.717) is 18.7 Å². The summed E-state index contributed by atoms with van der Waals surface area (Å²) in [6.07, 6.45) is 4.02. The number of benzene rings is 1. The molecule has 1 radical (unpaired) electrons. The molecule has 0 spiro atoms. The Morgan fingerprint density at radius 1 is 1.09 bits per heavy atom. The first-order valence-electron chi connectivity index (χ1n) is 7.29. The molecule has 0 atom stereocenters. The normalized spacial score (nSPS) is 9.87. The van der Waals surface area contributed by atoms with Gasteiger partial charge in [0.25, 0.3) is 0 Å². The number of nitrogens with zero attached hydrogens (tertiary/aromatic N) is 1. The van der Waals surface area contributed by atoms with Gasteiger partial charge in [0.05, 0.1) is 0 Å². The molecule has 117 valence electrons. The molecule has 1 amide bonds. The van der Waals surface area contributed by atoms with Crippen LogP contribution in [0.15, 0.2) is 42.7 Å². The Balaban J connectivity index is 0.00000264. The molecule has 5 heteroatoms. The second-order valence-electron chi connectivity index (χ2n) is 5.53. The number of anilines is 1. The summed E-state index contributed by atoms with van der Waals surface area (Å²) in [4.78, 5) is 23.4. The van der Waals surface area contributed by atoms with Gasteiger partial charge in [-0.25, -0.2) is 0 Å². The van der Waals surface area contributed by atoms with Crippen LogP contribution in [0.2, 0.25) is 0 Å². The van der Waals surface area contributed by atoms with Crippen LogP contribution >= 0.6 is 0 Å². The number of aryl methyl sites for hydroxylation is 2. The van der Waals surface area contributed by atoms with Crippen LogP contribution < -0.4 is 9.88 Å². The van der Waals surface area contributed by atoms with Gasteiger partial charge in [0.1, 0.15) is 5.69 Å². The molecule has 1 aromatic carbocycles. The maximum Gasteiger partial charge on any atom is 0.221 e. The predicted molar refractivity (Wildman–Crippen MR) is 85.6 cm³/mol. The molecule has 0 saturated carbocycles. The average Bonchev–Trinajstić information content (AvgIpc) is 2.42. The number of carbonyl (C=O) groups is 2. The van der Waals surface area contributed by atoms with E-state index < -0.39 is 0 Å². The molecule has 1 heterocycles. The fourth-order valence-electron chi connectivity index (χ4n) is 2.48. The summed E-state index contributed by atoms with van der Waals surface area (Å²) >= 11 is 0. The summed E-state index contributed by atoms with van der Waals surface area (Å²) in [5, 5.41) is 2.72. The molecule has 0 unspecified atom stereocenters. The van der Waals surface area contributed by atoms with Gasteiger partial charge in [0, 0.05) is 52.1 Å². The van der Waals surface area contributed by atoms with Crippen LogP contribution in [0.4, 0.5) is 5.69 Å². The molecule has 0 bridgehead atoms. The van der Waals surface area contributed by atoms with Crippen molar-refractivity contribution in [2.24, 2.45) is 0 Å². The van der Waals surface area contributed by atoms with Gasteiger partial charge in [0.2, 0.25) is 18.2 Å². The van der Waals surface area contributed by atoms with Crippen LogP contribution in [0.1, 0.15) is 23.6 Å². The standard InChI is InChI=1S/C18H20N2O2.Y/c1-13-6-4-7-14(2)18(13)10-17(22)12-20-9-5-8-16(11-20)19-15(3)21;/h4-9,11H,10,12H2,1-3H3;/p+1. The number of aromatic nitrogens is 1. The molecule has 0 fully saturated rings. The number of ketones is 1. The minimum absolute atomic E-state index is 0. The first-order valence-corrected chi connectivity index (χ1v) is 7.29. The van der Waals surface area contributed by atoms with Crippen molar-refractivity contribution in [3.63, 3.8) is 0 Å². The topological polar surface area (TPSA) is 50.1 Å². The first-order chi connectivity index (χ1) is 10.5. The zero-order chi connectivity index (χ0) is 16.1. The van der Waals surface area contributed by atoms with E-state index in [1.165, 1.54) is 6.92 Å². The largest absolute Gasteiger partial charge is 0.321 e. The molecule has 0 aliphatic rings. The van der Waals surface area contributed by atoms with Gasteiger partial charge in [-0.05, 0) is 36.6 Å². The second kappa shape index (κ2) is 9.04. The monoisotopic (exact) mass is 386 g/mol. The molecule has 2 aromatic rings. The Hall–Kier alpha value is -1.39. The van der Waals surface area contributed by atoms with Crippen LogP contribution in [-0.2, 0) is 55.3 Å². The molecule has 0 aliphatic heterocycles. The van der Waals surface area contributed by atoms with Crippen molar-refractivity contribution in [3.05, 3.63) is 59.4 Å². The van der Waals surface area contributed by atoms with E-state index in [-0.39, 0.29) is 44.4 Å². The molecule has 1 aromatic heterocycles. The molecule has 1 N–H and O–H groups in total. The van der Waals surface area contributed by atoms with Gasteiger partial charge < -0.3 is 5.32 Å². The van der Waals surface area contributed by atoms with Gasteiger partial charge in [-0.1, -0.05) is 18.2 Å². The summed E-state index contributed by atoms with van der Waals surface area (Å²) < 4.78 is 1.79. The minimum atomic E-state index is -0.125. The van der Waals surface area contributed by atoms with Crippen molar-refractivity contribution in [1.82, 2.24) is 0 Å². The van der Waals surface area contributed by atoms with Gasteiger partial charge in [-0.2, -0.15) is 4.57 Å². The Bertz CT molecular complexity index is 694. The Morgan fingerprint density at radius 2 is 1.74 bits per heavy atom. The molecule has 0 aliphatic carbocycles. The number of carbonyl (C=O) groups excluding carboxylic acids is 2. The van der Waals surface area contributed by atoms with Crippen molar-refractivity contribution < 1.29 is 46.9 Å². The van der Waals surface area contributed by atoms with Crippen LogP contribution in [0.25, 0.3) is 0 Å². The van der Waals surface area contributed by atoms with Gasteiger partial charge >= 0.3 is 0 Å². The summed E-state index contributed by atoms with van der Waals surface area (Å²) in [7, 11) is 0. The Morgan fingerprint density at radius 3 is 2.35 bits per heavy atom. The SMILES string of the molecule is CC(=O)Nc1ccc[n+](CC(=O)Cc2c(C)cccc2C)c1.[Y]. The zero-order valence-corrected chi connectivity index (χ0v) is 16.6. The van der Waals surface area contributed by atoms with Crippen LogP contribution in [0.5, 0.6) is 0 Å². The fourth-order valence-corrected chi connectivity index (χ4v) is 2.48. The molecular weight excluding hydrogens is 365 g/mol. The zero-order valence-electron chi connectivity index (χ0n) is 13.8. The summed E-state index contributed by atoms with van der Waals surface area (Å²) in [5.41, 5.74) is 4.08. The van der Waals surface area contributed by atoms with Crippen molar-refractivity contribution in [3.8, 4) is 0 Å². The van der Waals surface area contributed by atoms with E-state index in [9.17, 15) is 9.59 Å². The van der Waals surface area contributed by atoms with E-state index >= 15 is 0 Å². The van der Waals surface area contributed by atoms with Crippen molar-refractivity contribution in [2.45, 2.75) is 33.7 Å². The van der Waals surface area contributed by atoms with Crippen LogP contribution in [0.3, 0.4) is 0 Å². The number of nitrogens with one attached hydrogen (secondary N) is 1. The van der Waals surface area contributed by atoms with Crippen molar-refractivity contribution in [1.29, 1.82) is 0 Å². The quantitative estimate of drug-likeness (QED) is 0.803. The second-order valence-corrected chi connectivity index (χ2v) is 5.53. The summed E-state index contributed by atoms with van der Waals surface area (Å²) in [5.74, 6) is 0.0157. The number of hydrogen-bond donors (Lipinski definition) is 1. The van der Waals surface area contributed by atoms with Crippen molar-refractivity contribution in [2.75, 3.05) is 5.32 Å². The fraction of sp³-hybridized carbons (Fsp3) is 0.278. The van der Waals surface area contributed by atoms with E-state index in [4.69, 9.17) is 0 Å². The third-order valence-corrected chi connectivity index (χ3v) is 3.56. The number of rotatable bonds is 5. The maximum atomic E-state index is 12.3. The molecular formula is C18H21N2O2Y+. The number of Topliss-reactive ketones (excluding diaryl/α,β-unsaturated/α-hetero) is 1. The molecule has 23 heavy (non-hydrogen) atoms.